The molecule has 1 saturated heterocycles. The second kappa shape index (κ2) is 9.35. The number of aromatic nitrogens is 6. The molecule has 0 atom stereocenters. The molecule has 0 amide bonds. The monoisotopic (exact) mass is 467 g/mol. The van der Waals surface area contributed by atoms with Crippen molar-refractivity contribution >= 4 is 5.65 Å². The summed E-state index contributed by atoms with van der Waals surface area (Å²) in [6, 6.07) is 9.20. The first-order valence-electron chi connectivity index (χ1n) is 10.9. The van der Waals surface area contributed by atoms with E-state index in [0.717, 1.165) is 37.4 Å². The number of fused-ring (bicyclic) bond motifs is 1. The molecule has 0 N–H and O–H groups in total. The van der Waals surface area contributed by atoms with Gasteiger partial charge in [-0.25, -0.2) is 9.97 Å². The van der Waals surface area contributed by atoms with E-state index < -0.39 is 11.7 Å². The summed E-state index contributed by atoms with van der Waals surface area (Å²) < 4.78 is 42.9. The van der Waals surface area contributed by atoms with Crippen molar-refractivity contribution in [3.63, 3.8) is 0 Å². The van der Waals surface area contributed by atoms with Gasteiger partial charge >= 0.3 is 5.92 Å². The molecule has 0 aliphatic carbocycles. The Morgan fingerprint density at radius 1 is 1.06 bits per heavy atom. The van der Waals surface area contributed by atoms with Crippen LogP contribution in [0.5, 0.6) is 5.75 Å². The van der Waals surface area contributed by atoms with Crippen LogP contribution in [0.25, 0.3) is 17.0 Å². The van der Waals surface area contributed by atoms with E-state index in [9.17, 15) is 0 Å². The predicted octanol–water partition coefficient (Wildman–Crippen LogP) is 2.74. The third-order valence-electron chi connectivity index (χ3n) is 5.57. The summed E-state index contributed by atoms with van der Waals surface area (Å²) >= 11 is 0. The summed E-state index contributed by atoms with van der Waals surface area (Å²) in [6.07, 6.45) is 3.09. The number of alkyl halides is 2. The summed E-state index contributed by atoms with van der Waals surface area (Å²) in [5, 5.41) is 11.7. The SMILES string of the molecule is Cc1ccc2nnc(C(F)(F)c3cccc(-c4ncc(OCCN5CCOCC5)cn4)c3)n2n1. The van der Waals surface area contributed by atoms with Gasteiger partial charge in [0.2, 0.25) is 5.82 Å². The normalized spacial score (nSPS) is 15.0. The zero-order valence-corrected chi connectivity index (χ0v) is 18.6. The molecule has 34 heavy (non-hydrogen) atoms. The second-order valence-corrected chi connectivity index (χ2v) is 7.97. The average Bonchev–Trinajstić information content (AvgIpc) is 3.29. The van der Waals surface area contributed by atoms with Crippen molar-refractivity contribution < 1.29 is 18.3 Å². The molecule has 4 aromatic rings. The van der Waals surface area contributed by atoms with E-state index in [1.54, 1.807) is 37.5 Å². The van der Waals surface area contributed by atoms with E-state index in [0.29, 0.717) is 29.4 Å². The van der Waals surface area contributed by atoms with Crippen LogP contribution < -0.4 is 4.74 Å². The fourth-order valence-electron chi connectivity index (χ4n) is 3.72. The van der Waals surface area contributed by atoms with Gasteiger partial charge in [-0.15, -0.1) is 10.2 Å². The number of ether oxygens (including phenoxy) is 2. The molecule has 5 rings (SSSR count). The van der Waals surface area contributed by atoms with Crippen molar-refractivity contribution in [2.75, 3.05) is 39.5 Å². The number of aryl methyl sites for hydroxylation is 1. The summed E-state index contributed by atoms with van der Waals surface area (Å²) in [4.78, 5) is 10.9. The fraction of sp³-hybridized carbons (Fsp3) is 0.348. The van der Waals surface area contributed by atoms with Crippen molar-refractivity contribution in [2.45, 2.75) is 12.8 Å². The Labute approximate surface area is 194 Å². The smallest absolute Gasteiger partial charge is 0.333 e. The highest BCUT2D eigenvalue weighted by Gasteiger charge is 2.40. The van der Waals surface area contributed by atoms with Gasteiger partial charge in [0.1, 0.15) is 6.61 Å². The van der Waals surface area contributed by atoms with Gasteiger partial charge in [-0.1, -0.05) is 18.2 Å². The average molecular weight is 467 g/mol. The highest BCUT2D eigenvalue weighted by Crippen LogP contribution is 2.35. The number of morpholine rings is 1. The largest absolute Gasteiger partial charge is 0.489 e. The Hall–Kier alpha value is -3.57. The molecule has 0 unspecified atom stereocenters. The molecule has 1 fully saturated rings. The Kier molecular flexibility index (Phi) is 6.12. The number of benzene rings is 1. The second-order valence-electron chi connectivity index (χ2n) is 7.97. The lowest BCUT2D eigenvalue weighted by Crippen LogP contribution is -2.38. The molecule has 0 spiro atoms. The lowest BCUT2D eigenvalue weighted by atomic mass is 10.0. The molecular formula is C23H23F2N7O2. The maximum Gasteiger partial charge on any atom is 0.333 e. The van der Waals surface area contributed by atoms with E-state index >= 15 is 8.78 Å². The standard InChI is InChI=1S/C23H23F2N7O2/c1-16-5-6-20-28-29-22(32(20)30-16)23(24,25)18-4-2-3-17(13-18)21-26-14-19(15-27-21)34-12-9-31-7-10-33-11-8-31/h2-6,13-15H,7-12H2,1H3. The predicted molar refractivity (Wildman–Crippen MR) is 119 cm³/mol. The molecule has 0 bridgehead atoms. The van der Waals surface area contributed by atoms with Crippen LogP contribution in [0.1, 0.15) is 17.1 Å². The first-order chi connectivity index (χ1) is 16.5. The van der Waals surface area contributed by atoms with Crippen LogP contribution in [0, 0.1) is 6.92 Å². The van der Waals surface area contributed by atoms with Gasteiger partial charge in [-0.2, -0.15) is 18.4 Å². The summed E-state index contributed by atoms with van der Waals surface area (Å²) in [5.74, 6) is -3.12. The van der Waals surface area contributed by atoms with Crippen LogP contribution in [0.4, 0.5) is 8.78 Å². The van der Waals surface area contributed by atoms with Gasteiger partial charge in [0.05, 0.1) is 31.3 Å². The van der Waals surface area contributed by atoms with E-state index in [1.165, 1.54) is 18.2 Å². The zero-order valence-electron chi connectivity index (χ0n) is 18.6. The molecule has 11 heteroatoms. The molecule has 0 radical (unpaired) electrons. The first-order valence-corrected chi connectivity index (χ1v) is 10.9. The maximum absolute atomic E-state index is 15.4. The van der Waals surface area contributed by atoms with Crippen LogP contribution in [-0.4, -0.2) is 74.1 Å². The Balaban J connectivity index is 1.31. The van der Waals surface area contributed by atoms with Crippen LogP contribution in [0.15, 0.2) is 48.8 Å². The van der Waals surface area contributed by atoms with E-state index in [1.807, 2.05) is 0 Å². The third-order valence-corrected chi connectivity index (χ3v) is 5.57. The minimum atomic E-state index is -3.42. The van der Waals surface area contributed by atoms with Crippen LogP contribution in [-0.2, 0) is 10.7 Å². The summed E-state index contributed by atoms with van der Waals surface area (Å²) in [7, 11) is 0. The summed E-state index contributed by atoms with van der Waals surface area (Å²) in [6.45, 7) is 6.26. The highest BCUT2D eigenvalue weighted by molar-refractivity contribution is 5.57. The molecular weight excluding hydrogens is 444 g/mol. The van der Waals surface area contributed by atoms with Gasteiger partial charge in [0, 0.05) is 30.8 Å². The first kappa shape index (κ1) is 22.2. The lowest BCUT2D eigenvalue weighted by molar-refractivity contribution is 0.0306. The zero-order chi connectivity index (χ0) is 23.5. The Morgan fingerprint density at radius 3 is 2.65 bits per heavy atom. The third kappa shape index (κ3) is 4.57. The Morgan fingerprint density at radius 2 is 1.85 bits per heavy atom. The molecule has 4 heterocycles. The number of rotatable bonds is 7. The number of hydrogen-bond acceptors (Lipinski definition) is 8. The molecule has 3 aromatic heterocycles. The van der Waals surface area contributed by atoms with Crippen molar-refractivity contribution in [3.05, 3.63) is 65.9 Å². The number of halogens is 2. The topological polar surface area (TPSA) is 90.6 Å². The molecule has 9 nitrogen and oxygen atoms in total. The molecule has 176 valence electrons. The van der Waals surface area contributed by atoms with Crippen molar-refractivity contribution in [1.82, 2.24) is 34.7 Å². The van der Waals surface area contributed by atoms with E-state index in [4.69, 9.17) is 9.47 Å². The maximum atomic E-state index is 15.4. The van der Waals surface area contributed by atoms with Crippen LogP contribution in [0.2, 0.25) is 0 Å². The number of nitrogens with zero attached hydrogens (tertiary/aromatic N) is 7. The van der Waals surface area contributed by atoms with Crippen molar-refractivity contribution in [1.29, 1.82) is 0 Å². The minimum absolute atomic E-state index is 0.253. The van der Waals surface area contributed by atoms with Gasteiger partial charge in [-0.3, -0.25) is 4.90 Å². The van der Waals surface area contributed by atoms with Gasteiger partial charge in [-0.05, 0) is 25.1 Å². The van der Waals surface area contributed by atoms with Gasteiger partial charge in [0.25, 0.3) is 0 Å². The molecule has 0 saturated carbocycles. The van der Waals surface area contributed by atoms with E-state index in [-0.39, 0.29) is 11.2 Å². The fourth-order valence-corrected chi connectivity index (χ4v) is 3.72. The van der Waals surface area contributed by atoms with E-state index in [2.05, 4.69) is 30.2 Å². The van der Waals surface area contributed by atoms with Gasteiger partial charge < -0.3 is 9.47 Å². The number of hydrogen-bond donors (Lipinski definition) is 0. The molecule has 1 aliphatic heterocycles. The van der Waals surface area contributed by atoms with Crippen molar-refractivity contribution in [2.24, 2.45) is 0 Å². The van der Waals surface area contributed by atoms with Crippen molar-refractivity contribution in [3.8, 4) is 17.1 Å². The Bertz CT molecular complexity index is 1270. The highest BCUT2D eigenvalue weighted by atomic mass is 19.3. The summed E-state index contributed by atoms with van der Waals surface area (Å²) in [5.41, 5.74) is 1.04. The minimum Gasteiger partial charge on any atom is -0.489 e. The van der Waals surface area contributed by atoms with Crippen LogP contribution >= 0.6 is 0 Å². The lowest BCUT2D eigenvalue weighted by Gasteiger charge is -2.26. The molecule has 1 aliphatic rings. The molecule has 1 aromatic carbocycles. The van der Waals surface area contributed by atoms with Crippen LogP contribution in [0.3, 0.4) is 0 Å². The van der Waals surface area contributed by atoms with Gasteiger partial charge in [0.15, 0.2) is 17.2 Å². The quantitative estimate of drug-likeness (QED) is 0.410.